The molecule has 19 heavy (non-hydrogen) atoms. The molecule has 1 saturated heterocycles. The summed E-state index contributed by atoms with van der Waals surface area (Å²) < 4.78 is 5.25. The van der Waals surface area contributed by atoms with Gasteiger partial charge in [0, 0.05) is 26.0 Å². The molecule has 2 aromatic heterocycles. The maximum absolute atomic E-state index is 10.3. The van der Waals surface area contributed by atoms with Crippen molar-refractivity contribution < 1.29 is 9.84 Å². The molecular formula is C13H17N3O2S. The zero-order valence-corrected chi connectivity index (χ0v) is 11.7. The predicted molar refractivity (Wildman–Crippen MR) is 75.7 cm³/mol. The second-order valence-electron chi connectivity index (χ2n) is 4.86. The fourth-order valence-electron chi connectivity index (χ4n) is 2.18. The van der Waals surface area contributed by atoms with Crippen molar-refractivity contribution in [2.45, 2.75) is 25.4 Å². The lowest BCUT2D eigenvalue weighted by Crippen LogP contribution is -2.37. The Labute approximate surface area is 115 Å². The van der Waals surface area contributed by atoms with Gasteiger partial charge in [-0.1, -0.05) is 6.92 Å². The zero-order valence-electron chi connectivity index (χ0n) is 10.8. The highest BCUT2D eigenvalue weighted by Gasteiger charge is 2.32. The second-order valence-corrected chi connectivity index (χ2v) is 5.76. The summed E-state index contributed by atoms with van der Waals surface area (Å²) in [5.41, 5.74) is -0.778. The Bertz CT molecular complexity index is 578. The largest absolute Gasteiger partial charge is 0.386 e. The van der Waals surface area contributed by atoms with E-state index < -0.39 is 5.60 Å². The highest BCUT2D eigenvalue weighted by Crippen LogP contribution is 2.26. The lowest BCUT2D eigenvalue weighted by molar-refractivity contribution is 0.0381. The van der Waals surface area contributed by atoms with E-state index in [1.807, 2.05) is 18.4 Å². The van der Waals surface area contributed by atoms with Crippen LogP contribution in [0.3, 0.4) is 0 Å². The van der Waals surface area contributed by atoms with Crippen LogP contribution in [0.2, 0.25) is 0 Å². The maximum atomic E-state index is 10.3. The van der Waals surface area contributed by atoms with Gasteiger partial charge in [-0.15, -0.1) is 11.3 Å². The SMILES string of the molecule is CCc1nc(NCC2(O)CCOC2)c2ccsc2n1. The Hall–Kier alpha value is -1.24. The number of hydrogen-bond acceptors (Lipinski definition) is 6. The summed E-state index contributed by atoms with van der Waals surface area (Å²) in [5.74, 6) is 1.63. The molecule has 1 aliphatic heterocycles. The lowest BCUT2D eigenvalue weighted by atomic mass is 10.0. The number of thiophene rings is 1. The summed E-state index contributed by atoms with van der Waals surface area (Å²) in [4.78, 5) is 10.00. The molecular weight excluding hydrogens is 262 g/mol. The van der Waals surface area contributed by atoms with Crippen LogP contribution in [0.5, 0.6) is 0 Å². The average molecular weight is 279 g/mol. The number of ether oxygens (including phenoxy) is 1. The van der Waals surface area contributed by atoms with Gasteiger partial charge in [0.2, 0.25) is 0 Å². The van der Waals surface area contributed by atoms with Crippen LogP contribution in [0.15, 0.2) is 11.4 Å². The normalized spacial score (nSPS) is 23.1. The fourth-order valence-corrected chi connectivity index (χ4v) is 2.96. The van der Waals surface area contributed by atoms with Crippen LogP contribution in [0.25, 0.3) is 10.2 Å². The standard InChI is InChI=1S/C13H17N3O2S/c1-2-10-15-11(9-3-6-19-12(9)16-10)14-7-13(17)4-5-18-8-13/h3,6,17H,2,4-5,7-8H2,1H3,(H,14,15,16). The van der Waals surface area contributed by atoms with E-state index in [1.165, 1.54) is 0 Å². The fraction of sp³-hybridized carbons (Fsp3) is 0.538. The summed E-state index contributed by atoms with van der Waals surface area (Å²) in [6.45, 7) is 3.50. The monoisotopic (exact) mass is 279 g/mol. The highest BCUT2D eigenvalue weighted by atomic mass is 32.1. The van der Waals surface area contributed by atoms with Crippen molar-refractivity contribution in [1.82, 2.24) is 9.97 Å². The Morgan fingerprint density at radius 2 is 2.42 bits per heavy atom. The molecule has 3 heterocycles. The number of hydrogen-bond donors (Lipinski definition) is 2. The van der Waals surface area contributed by atoms with Gasteiger partial charge < -0.3 is 15.2 Å². The molecule has 0 aromatic carbocycles. The number of rotatable bonds is 4. The smallest absolute Gasteiger partial charge is 0.138 e. The van der Waals surface area contributed by atoms with E-state index in [4.69, 9.17) is 4.74 Å². The Morgan fingerprint density at radius 3 is 3.16 bits per heavy atom. The molecule has 2 aromatic rings. The van der Waals surface area contributed by atoms with E-state index in [9.17, 15) is 5.11 Å². The molecule has 0 amide bonds. The van der Waals surface area contributed by atoms with Gasteiger partial charge >= 0.3 is 0 Å². The van der Waals surface area contributed by atoms with Crippen LogP contribution in [0.4, 0.5) is 5.82 Å². The molecule has 5 nitrogen and oxygen atoms in total. The van der Waals surface area contributed by atoms with Gasteiger partial charge in [-0.2, -0.15) is 0 Å². The predicted octanol–water partition coefficient (Wildman–Crippen LogP) is 1.82. The molecule has 6 heteroatoms. The van der Waals surface area contributed by atoms with Crippen molar-refractivity contribution in [3.05, 3.63) is 17.3 Å². The van der Waals surface area contributed by atoms with Gasteiger partial charge in [0.25, 0.3) is 0 Å². The number of nitrogens with one attached hydrogen (secondary N) is 1. The quantitative estimate of drug-likeness (QED) is 0.893. The summed E-state index contributed by atoms with van der Waals surface area (Å²) in [5, 5.41) is 16.6. The molecule has 2 N–H and O–H groups in total. The van der Waals surface area contributed by atoms with E-state index >= 15 is 0 Å². The van der Waals surface area contributed by atoms with Crippen LogP contribution in [-0.4, -0.2) is 40.4 Å². The first-order chi connectivity index (χ1) is 9.20. The summed E-state index contributed by atoms with van der Waals surface area (Å²) in [7, 11) is 0. The van der Waals surface area contributed by atoms with Crippen molar-refractivity contribution in [2.75, 3.05) is 25.1 Å². The molecule has 0 radical (unpaired) electrons. The number of aliphatic hydroxyl groups is 1. The van der Waals surface area contributed by atoms with Crippen molar-refractivity contribution in [3.63, 3.8) is 0 Å². The topological polar surface area (TPSA) is 67.3 Å². The number of nitrogens with zero attached hydrogens (tertiary/aromatic N) is 2. The first-order valence-electron chi connectivity index (χ1n) is 6.48. The molecule has 3 rings (SSSR count). The summed E-state index contributed by atoms with van der Waals surface area (Å²) in [6.07, 6.45) is 1.47. The molecule has 0 aliphatic carbocycles. The minimum Gasteiger partial charge on any atom is -0.386 e. The first-order valence-corrected chi connectivity index (χ1v) is 7.36. The zero-order chi connectivity index (χ0) is 13.3. The van der Waals surface area contributed by atoms with E-state index in [1.54, 1.807) is 11.3 Å². The lowest BCUT2D eigenvalue weighted by Gasteiger charge is -2.21. The summed E-state index contributed by atoms with van der Waals surface area (Å²) >= 11 is 1.61. The molecule has 102 valence electrons. The molecule has 1 unspecified atom stereocenters. The molecule has 1 atom stereocenters. The van der Waals surface area contributed by atoms with Crippen molar-refractivity contribution in [1.29, 1.82) is 0 Å². The number of fused-ring (bicyclic) bond motifs is 1. The third-order valence-electron chi connectivity index (χ3n) is 3.35. The third-order valence-corrected chi connectivity index (χ3v) is 4.16. The Morgan fingerprint density at radius 1 is 1.53 bits per heavy atom. The van der Waals surface area contributed by atoms with Gasteiger partial charge in [0.15, 0.2) is 0 Å². The van der Waals surface area contributed by atoms with E-state index in [0.29, 0.717) is 26.2 Å². The molecule has 1 aliphatic rings. The molecule has 0 bridgehead atoms. The van der Waals surface area contributed by atoms with Gasteiger partial charge in [-0.05, 0) is 11.4 Å². The number of aromatic nitrogens is 2. The van der Waals surface area contributed by atoms with Crippen LogP contribution in [0, 0.1) is 0 Å². The van der Waals surface area contributed by atoms with Gasteiger partial charge in [-0.25, -0.2) is 9.97 Å². The Kier molecular flexibility index (Phi) is 3.38. The third kappa shape index (κ3) is 2.56. The van der Waals surface area contributed by atoms with E-state index in [2.05, 4.69) is 15.3 Å². The highest BCUT2D eigenvalue weighted by molar-refractivity contribution is 7.16. The van der Waals surface area contributed by atoms with Gasteiger partial charge in [0.05, 0.1) is 12.0 Å². The molecule has 0 saturated carbocycles. The van der Waals surface area contributed by atoms with Gasteiger partial charge in [0.1, 0.15) is 22.1 Å². The average Bonchev–Trinajstić information content (AvgIpc) is 3.04. The van der Waals surface area contributed by atoms with E-state index in [0.717, 1.165) is 28.3 Å². The minimum absolute atomic E-state index is 0.387. The van der Waals surface area contributed by atoms with Crippen LogP contribution in [0.1, 0.15) is 19.2 Å². The second kappa shape index (κ2) is 5.03. The maximum Gasteiger partial charge on any atom is 0.138 e. The summed E-state index contributed by atoms with van der Waals surface area (Å²) in [6, 6.07) is 2.01. The minimum atomic E-state index is -0.778. The van der Waals surface area contributed by atoms with Gasteiger partial charge in [-0.3, -0.25) is 0 Å². The number of aryl methyl sites for hydroxylation is 1. The van der Waals surface area contributed by atoms with Crippen LogP contribution in [-0.2, 0) is 11.2 Å². The molecule has 1 fully saturated rings. The first kappa shape index (κ1) is 12.8. The van der Waals surface area contributed by atoms with E-state index in [-0.39, 0.29) is 0 Å². The van der Waals surface area contributed by atoms with Crippen molar-refractivity contribution in [3.8, 4) is 0 Å². The van der Waals surface area contributed by atoms with Crippen molar-refractivity contribution >= 4 is 27.4 Å². The number of anilines is 1. The molecule has 0 spiro atoms. The van der Waals surface area contributed by atoms with Crippen LogP contribution >= 0.6 is 11.3 Å². The van der Waals surface area contributed by atoms with Crippen molar-refractivity contribution in [2.24, 2.45) is 0 Å². The van der Waals surface area contributed by atoms with Crippen LogP contribution < -0.4 is 5.32 Å². The Balaban J connectivity index is 1.85.